The predicted octanol–water partition coefficient (Wildman–Crippen LogP) is 24.3. The molecule has 0 aromatic heterocycles. The normalized spacial score (nSPS) is 13.9. The van der Waals surface area contributed by atoms with Crippen molar-refractivity contribution in [1.82, 2.24) is 0 Å². The van der Waals surface area contributed by atoms with Gasteiger partial charge in [0, 0.05) is 25.7 Å². The number of carbonyl (C=O) groups excluding carboxylic acids is 4. The minimum atomic E-state index is -4.96. The van der Waals surface area contributed by atoms with Crippen LogP contribution in [0.15, 0.2) is 0 Å². The van der Waals surface area contributed by atoms with Gasteiger partial charge in [0.2, 0.25) is 0 Å². The lowest BCUT2D eigenvalue weighted by Crippen LogP contribution is -2.30. The zero-order valence-corrected chi connectivity index (χ0v) is 67.3. The van der Waals surface area contributed by atoms with Crippen molar-refractivity contribution in [3.05, 3.63) is 0 Å². The van der Waals surface area contributed by atoms with Crippen LogP contribution in [0.2, 0.25) is 0 Å². The zero-order chi connectivity index (χ0) is 73.5. The number of esters is 4. The molecule has 0 rings (SSSR count). The van der Waals surface area contributed by atoms with Crippen LogP contribution in [-0.4, -0.2) is 96.7 Å². The average molecular weight is 1470 g/mol. The standard InChI is InChI=1S/C81H158O17P2/c1-7-9-11-13-15-17-19-20-21-22-23-24-25-30-34-41-47-53-59-65-80(85)97-76(70-92-79(84)64-58-52-46-40-33-29-27-26-28-32-37-43-49-55-61-73(3)4)71-95-99(87,88)93-67-75(82)68-94-100(89,90)96-72-77(69-91-78(83)63-57-51-45-39-31-18-16-14-12-10-8-2)98-81(86)66-60-54-48-42-36-35-38-44-50-56-62-74(5)6/h73-77,82H,7-72H2,1-6H3,(H,87,88)(H,89,90)/t75-,76-,77-/m1/s1. The Morgan fingerprint density at radius 3 is 0.680 bits per heavy atom. The Hall–Kier alpha value is -1.94. The molecule has 0 bridgehead atoms. The molecule has 100 heavy (non-hydrogen) atoms. The minimum absolute atomic E-state index is 0.106. The summed E-state index contributed by atoms with van der Waals surface area (Å²) in [7, 11) is -9.92. The van der Waals surface area contributed by atoms with E-state index in [4.69, 9.17) is 37.0 Å². The van der Waals surface area contributed by atoms with Crippen LogP contribution in [0.3, 0.4) is 0 Å². The Morgan fingerprint density at radius 2 is 0.460 bits per heavy atom. The van der Waals surface area contributed by atoms with E-state index in [1.807, 2.05) is 0 Å². The van der Waals surface area contributed by atoms with E-state index in [-0.39, 0.29) is 25.7 Å². The van der Waals surface area contributed by atoms with Gasteiger partial charge in [0.1, 0.15) is 19.3 Å². The molecule has 0 aromatic rings. The largest absolute Gasteiger partial charge is 0.472 e. The van der Waals surface area contributed by atoms with Gasteiger partial charge in [0.15, 0.2) is 12.2 Å². The van der Waals surface area contributed by atoms with Crippen molar-refractivity contribution in [2.24, 2.45) is 11.8 Å². The van der Waals surface area contributed by atoms with Gasteiger partial charge in [0.05, 0.1) is 26.4 Å². The molecule has 0 saturated heterocycles. The molecule has 2 unspecified atom stereocenters. The summed E-state index contributed by atoms with van der Waals surface area (Å²) in [6.07, 6.45) is 62.4. The van der Waals surface area contributed by atoms with Crippen molar-refractivity contribution in [2.45, 2.75) is 445 Å². The second kappa shape index (κ2) is 72.6. The Labute approximate surface area is 613 Å². The molecular formula is C81H158O17P2. The summed E-state index contributed by atoms with van der Waals surface area (Å²) >= 11 is 0. The van der Waals surface area contributed by atoms with Crippen molar-refractivity contribution in [2.75, 3.05) is 39.6 Å². The average Bonchev–Trinajstić information content (AvgIpc) is 0.940. The number of phosphoric ester groups is 2. The van der Waals surface area contributed by atoms with Gasteiger partial charge in [-0.2, -0.15) is 0 Å². The summed E-state index contributed by atoms with van der Waals surface area (Å²) in [6.45, 7) is 9.65. The van der Waals surface area contributed by atoms with Gasteiger partial charge in [-0.05, 0) is 37.5 Å². The van der Waals surface area contributed by atoms with Crippen LogP contribution in [-0.2, 0) is 65.4 Å². The summed E-state index contributed by atoms with van der Waals surface area (Å²) < 4.78 is 68.7. The number of unbranched alkanes of at least 4 members (excludes halogenated alkanes) is 50. The summed E-state index contributed by atoms with van der Waals surface area (Å²) in [5, 5.41) is 10.6. The Kier molecular flexibility index (Phi) is 71.2. The molecule has 0 saturated carbocycles. The Balaban J connectivity index is 5.24. The molecule has 19 heteroatoms. The number of hydrogen-bond donors (Lipinski definition) is 3. The first-order valence-corrected chi connectivity index (χ1v) is 45.0. The highest BCUT2D eigenvalue weighted by atomic mass is 31.2. The Morgan fingerprint density at radius 1 is 0.270 bits per heavy atom. The minimum Gasteiger partial charge on any atom is -0.462 e. The highest BCUT2D eigenvalue weighted by Gasteiger charge is 2.30. The van der Waals surface area contributed by atoms with Crippen LogP contribution in [0.4, 0.5) is 0 Å². The zero-order valence-electron chi connectivity index (χ0n) is 65.5. The first kappa shape index (κ1) is 98.1. The molecule has 0 radical (unpaired) electrons. The molecule has 594 valence electrons. The second-order valence-corrected chi connectivity index (χ2v) is 33.0. The fourth-order valence-corrected chi connectivity index (χ4v) is 14.1. The molecule has 0 fully saturated rings. The van der Waals surface area contributed by atoms with E-state index in [1.165, 1.54) is 244 Å². The molecular weight excluding hydrogens is 1310 g/mol. The maximum absolute atomic E-state index is 13.1. The van der Waals surface area contributed by atoms with Gasteiger partial charge in [-0.25, -0.2) is 9.13 Å². The van der Waals surface area contributed by atoms with Gasteiger partial charge in [-0.1, -0.05) is 375 Å². The summed E-state index contributed by atoms with van der Waals surface area (Å²) in [4.78, 5) is 73.0. The second-order valence-electron chi connectivity index (χ2n) is 30.1. The van der Waals surface area contributed by atoms with Crippen LogP contribution >= 0.6 is 15.6 Å². The maximum Gasteiger partial charge on any atom is 0.472 e. The molecule has 0 aromatic carbocycles. The highest BCUT2D eigenvalue weighted by Crippen LogP contribution is 2.45. The molecule has 0 heterocycles. The predicted molar refractivity (Wildman–Crippen MR) is 409 cm³/mol. The monoisotopic (exact) mass is 1470 g/mol. The van der Waals surface area contributed by atoms with Gasteiger partial charge in [-0.15, -0.1) is 0 Å². The summed E-state index contributed by atoms with van der Waals surface area (Å²) in [5.74, 6) is -0.556. The third kappa shape index (κ3) is 74.3. The van der Waals surface area contributed by atoms with Crippen molar-refractivity contribution in [3.63, 3.8) is 0 Å². The lowest BCUT2D eigenvalue weighted by Gasteiger charge is -2.21. The van der Waals surface area contributed by atoms with Crippen LogP contribution in [0.5, 0.6) is 0 Å². The number of aliphatic hydroxyl groups excluding tert-OH is 1. The van der Waals surface area contributed by atoms with E-state index in [1.54, 1.807) is 0 Å². The van der Waals surface area contributed by atoms with E-state index in [0.717, 1.165) is 102 Å². The van der Waals surface area contributed by atoms with Crippen molar-refractivity contribution >= 4 is 39.5 Å². The molecule has 17 nitrogen and oxygen atoms in total. The first-order chi connectivity index (χ1) is 48.4. The van der Waals surface area contributed by atoms with Crippen LogP contribution < -0.4 is 0 Å². The lowest BCUT2D eigenvalue weighted by atomic mass is 10.0. The topological polar surface area (TPSA) is 237 Å². The van der Waals surface area contributed by atoms with Crippen LogP contribution in [0.1, 0.15) is 427 Å². The van der Waals surface area contributed by atoms with E-state index in [0.29, 0.717) is 25.7 Å². The molecule has 0 aliphatic rings. The van der Waals surface area contributed by atoms with Crippen molar-refractivity contribution in [1.29, 1.82) is 0 Å². The molecule has 0 amide bonds. The molecule has 0 aliphatic carbocycles. The number of ether oxygens (including phenoxy) is 4. The maximum atomic E-state index is 13.1. The lowest BCUT2D eigenvalue weighted by molar-refractivity contribution is -0.161. The van der Waals surface area contributed by atoms with Crippen LogP contribution in [0.25, 0.3) is 0 Å². The van der Waals surface area contributed by atoms with Crippen molar-refractivity contribution < 1.29 is 80.2 Å². The SMILES string of the molecule is CCCCCCCCCCCCCCCCCCCCCC(=O)O[C@H](COC(=O)CCCCCCCCCCCCCCCCC(C)C)COP(=O)(O)OC[C@@H](O)COP(=O)(O)OC[C@@H](COC(=O)CCCCCCCCCCCCC)OC(=O)CCCCCCCCCCCCC(C)C. The number of phosphoric acid groups is 2. The molecule has 0 spiro atoms. The van der Waals surface area contributed by atoms with Crippen molar-refractivity contribution in [3.8, 4) is 0 Å². The van der Waals surface area contributed by atoms with Crippen LogP contribution in [0, 0.1) is 11.8 Å². The summed E-state index contributed by atoms with van der Waals surface area (Å²) in [6, 6.07) is 0. The number of rotatable bonds is 80. The fraction of sp³-hybridized carbons (Fsp3) is 0.951. The Bertz CT molecular complexity index is 1920. The quantitative estimate of drug-likeness (QED) is 0.0222. The fourth-order valence-electron chi connectivity index (χ4n) is 12.5. The number of carbonyl (C=O) groups is 4. The molecule has 3 N–H and O–H groups in total. The third-order valence-electron chi connectivity index (χ3n) is 19.0. The summed E-state index contributed by atoms with van der Waals surface area (Å²) in [5.41, 5.74) is 0. The van der Waals surface area contributed by atoms with E-state index in [2.05, 4.69) is 41.5 Å². The smallest absolute Gasteiger partial charge is 0.462 e. The third-order valence-corrected chi connectivity index (χ3v) is 20.9. The first-order valence-electron chi connectivity index (χ1n) is 42.0. The number of hydrogen-bond acceptors (Lipinski definition) is 15. The highest BCUT2D eigenvalue weighted by molar-refractivity contribution is 7.47. The van der Waals surface area contributed by atoms with Gasteiger partial charge >= 0.3 is 39.5 Å². The van der Waals surface area contributed by atoms with Gasteiger partial charge < -0.3 is 33.8 Å². The van der Waals surface area contributed by atoms with Gasteiger partial charge in [0.25, 0.3) is 0 Å². The molecule has 0 aliphatic heterocycles. The van der Waals surface area contributed by atoms with E-state index >= 15 is 0 Å². The van der Waals surface area contributed by atoms with E-state index in [9.17, 15) is 43.2 Å². The number of aliphatic hydroxyl groups is 1. The van der Waals surface area contributed by atoms with E-state index < -0.39 is 97.5 Å². The molecule has 5 atom stereocenters. The van der Waals surface area contributed by atoms with Gasteiger partial charge in [-0.3, -0.25) is 37.3 Å².